The summed E-state index contributed by atoms with van der Waals surface area (Å²) in [7, 11) is 0. The van der Waals surface area contributed by atoms with E-state index in [1.54, 1.807) is 43.0 Å². The van der Waals surface area contributed by atoms with E-state index in [0.717, 1.165) is 0 Å². The van der Waals surface area contributed by atoms with Crippen LogP contribution in [0.2, 0.25) is 0 Å². The lowest BCUT2D eigenvalue weighted by Crippen LogP contribution is -2.12. The van der Waals surface area contributed by atoms with Crippen molar-refractivity contribution in [2.45, 2.75) is 0 Å². The Kier molecular flexibility index (Phi) is 3.69. The van der Waals surface area contributed by atoms with Crippen molar-refractivity contribution in [1.29, 1.82) is 0 Å². The zero-order chi connectivity index (χ0) is 14.7. The smallest absolute Gasteiger partial charge is 0.255 e. The number of amides is 1. The highest BCUT2D eigenvalue weighted by Gasteiger charge is 2.07. The van der Waals surface area contributed by atoms with Crippen LogP contribution in [0.3, 0.4) is 0 Å². The number of nitrogens with one attached hydrogen (secondary N) is 1. The maximum atomic E-state index is 12.1. The lowest BCUT2D eigenvalue weighted by Gasteiger charge is -2.06. The van der Waals surface area contributed by atoms with Crippen LogP contribution in [0.5, 0.6) is 0 Å². The summed E-state index contributed by atoms with van der Waals surface area (Å²) in [6, 6.07) is 6.77. The fourth-order valence-electron chi connectivity index (χ4n) is 1.67. The van der Waals surface area contributed by atoms with E-state index < -0.39 is 0 Å². The Labute approximate surface area is 128 Å². The molecule has 3 aromatic heterocycles. The van der Waals surface area contributed by atoms with Crippen LogP contribution in [0.1, 0.15) is 10.4 Å². The number of carbonyl (C=O) groups is 1. The maximum Gasteiger partial charge on any atom is 0.255 e. The van der Waals surface area contributed by atoms with Crippen molar-refractivity contribution in [2.24, 2.45) is 0 Å². The molecule has 0 atom stereocenters. The number of halogens is 1. The van der Waals surface area contributed by atoms with Crippen LogP contribution < -0.4 is 5.32 Å². The van der Waals surface area contributed by atoms with Crippen molar-refractivity contribution < 1.29 is 4.79 Å². The zero-order valence-corrected chi connectivity index (χ0v) is 12.2. The van der Waals surface area contributed by atoms with Gasteiger partial charge in [0.25, 0.3) is 5.91 Å². The summed E-state index contributed by atoms with van der Waals surface area (Å²) in [4.78, 5) is 24.1. The summed E-state index contributed by atoms with van der Waals surface area (Å²) < 4.78 is 2.14. The van der Waals surface area contributed by atoms with Crippen molar-refractivity contribution in [3.63, 3.8) is 0 Å². The van der Waals surface area contributed by atoms with E-state index in [9.17, 15) is 4.79 Å². The fraction of sp³-hybridized carbons (Fsp3) is 0. The molecule has 7 nitrogen and oxygen atoms in total. The van der Waals surface area contributed by atoms with Gasteiger partial charge in [0, 0.05) is 11.8 Å². The maximum absolute atomic E-state index is 12.1. The quantitative estimate of drug-likeness (QED) is 0.735. The molecule has 0 saturated carbocycles. The predicted molar refractivity (Wildman–Crippen MR) is 79.0 cm³/mol. The largest absolute Gasteiger partial charge is 0.321 e. The van der Waals surface area contributed by atoms with Crippen LogP contribution in [-0.4, -0.2) is 30.6 Å². The van der Waals surface area contributed by atoms with Crippen molar-refractivity contribution in [3.8, 4) is 5.82 Å². The number of pyridine rings is 2. The summed E-state index contributed by atoms with van der Waals surface area (Å²) >= 11 is 3.23. The first-order chi connectivity index (χ1) is 10.2. The second kappa shape index (κ2) is 5.80. The molecule has 0 aromatic carbocycles. The first kappa shape index (κ1) is 13.4. The predicted octanol–water partition coefficient (Wildman–Crippen LogP) is 2.07. The van der Waals surface area contributed by atoms with Gasteiger partial charge in [-0.25, -0.2) is 19.6 Å². The highest BCUT2D eigenvalue weighted by molar-refractivity contribution is 9.10. The summed E-state index contributed by atoms with van der Waals surface area (Å²) in [6.45, 7) is 0. The molecular weight excluding hydrogens is 336 g/mol. The normalized spacial score (nSPS) is 10.3. The number of aromatic nitrogens is 5. The van der Waals surface area contributed by atoms with Gasteiger partial charge in [-0.05, 0) is 40.2 Å². The monoisotopic (exact) mass is 344 g/mol. The van der Waals surface area contributed by atoms with E-state index in [1.165, 1.54) is 11.0 Å². The van der Waals surface area contributed by atoms with Gasteiger partial charge in [-0.3, -0.25) is 4.79 Å². The van der Waals surface area contributed by atoms with Crippen LogP contribution in [0, 0.1) is 0 Å². The molecule has 0 radical (unpaired) electrons. The van der Waals surface area contributed by atoms with Crippen molar-refractivity contribution >= 4 is 27.5 Å². The molecule has 0 fully saturated rings. The first-order valence-electron chi connectivity index (χ1n) is 5.96. The molecule has 104 valence electrons. The van der Waals surface area contributed by atoms with Crippen LogP contribution in [-0.2, 0) is 0 Å². The van der Waals surface area contributed by atoms with Gasteiger partial charge in [0.15, 0.2) is 5.82 Å². The molecule has 1 N–H and O–H groups in total. The van der Waals surface area contributed by atoms with Crippen molar-refractivity contribution in [1.82, 2.24) is 24.7 Å². The Morgan fingerprint density at radius 1 is 1.24 bits per heavy atom. The lowest BCUT2D eigenvalue weighted by atomic mass is 10.2. The van der Waals surface area contributed by atoms with Crippen molar-refractivity contribution in [3.05, 3.63) is 59.5 Å². The Balaban J connectivity index is 1.75. The van der Waals surface area contributed by atoms with Crippen molar-refractivity contribution in [2.75, 3.05) is 5.32 Å². The number of nitrogens with zero attached hydrogens (tertiary/aromatic N) is 5. The minimum atomic E-state index is -0.228. The summed E-state index contributed by atoms with van der Waals surface area (Å²) in [6.07, 6.45) is 6.10. The SMILES string of the molecule is O=C(Nc1ccc(-n2cncn2)nc1)c1ccnc(Br)c1. The molecular formula is C13H9BrN6O. The molecule has 0 aliphatic carbocycles. The molecule has 0 aliphatic rings. The van der Waals surface area contributed by atoms with Gasteiger partial charge >= 0.3 is 0 Å². The van der Waals surface area contributed by atoms with E-state index in [4.69, 9.17) is 0 Å². The molecule has 3 rings (SSSR count). The average molecular weight is 345 g/mol. The second-order valence-electron chi connectivity index (χ2n) is 4.07. The third-order valence-corrected chi connectivity index (χ3v) is 3.08. The van der Waals surface area contributed by atoms with Gasteiger partial charge in [-0.2, -0.15) is 5.10 Å². The Morgan fingerprint density at radius 2 is 2.14 bits per heavy atom. The second-order valence-corrected chi connectivity index (χ2v) is 4.88. The van der Waals surface area contributed by atoms with E-state index in [2.05, 4.69) is 41.3 Å². The van der Waals surface area contributed by atoms with E-state index in [1.807, 2.05) is 0 Å². The van der Waals surface area contributed by atoms with Gasteiger partial charge in [0.05, 0.1) is 11.9 Å². The van der Waals surface area contributed by atoms with Gasteiger partial charge in [0.1, 0.15) is 17.3 Å². The molecule has 8 heteroatoms. The topological polar surface area (TPSA) is 85.6 Å². The van der Waals surface area contributed by atoms with Gasteiger partial charge in [0.2, 0.25) is 0 Å². The van der Waals surface area contributed by atoms with E-state index in [0.29, 0.717) is 21.7 Å². The highest BCUT2D eigenvalue weighted by atomic mass is 79.9. The molecule has 3 heterocycles. The number of carbonyl (C=O) groups excluding carboxylic acids is 1. The number of hydrogen-bond donors (Lipinski definition) is 1. The molecule has 0 spiro atoms. The molecule has 0 saturated heterocycles. The van der Waals surface area contributed by atoms with E-state index >= 15 is 0 Å². The molecule has 0 aliphatic heterocycles. The van der Waals surface area contributed by atoms with Crippen LogP contribution >= 0.6 is 15.9 Å². The van der Waals surface area contributed by atoms with Gasteiger partial charge in [-0.1, -0.05) is 0 Å². The molecule has 0 bridgehead atoms. The Hall–Kier alpha value is -2.61. The summed E-state index contributed by atoms with van der Waals surface area (Å²) in [5.74, 6) is 0.394. The third-order valence-electron chi connectivity index (χ3n) is 2.65. The van der Waals surface area contributed by atoms with Crippen LogP contribution in [0.4, 0.5) is 5.69 Å². The fourth-order valence-corrected chi connectivity index (χ4v) is 2.03. The Bertz CT molecular complexity index is 757. The number of hydrogen-bond acceptors (Lipinski definition) is 5. The number of anilines is 1. The highest BCUT2D eigenvalue weighted by Crippen LogP contribution is 2.12. The molecule has 0 unspecified atom stereocenters. The average Bonchev–Trinajstić information content (AvgIpc) is 3.02. The number of rotatable bonds is 3. The standard InChI is InChI=1S/C13H9BrN6O/c14-11-5-9(3-4-16-11)13(21)19-10-1-2-12(17-6-10)20-8-15-7-18-20/h1-8H,(H,19,21). The molecule has 21 heavy (non-hydrogen) atoms. The first-order valence-corrected chi connectivity index (χ1v) is 6.75. The minimum absolute atomic E-state index is 0.228. The van der Waals surface area contributed by atoms with Crippen LogP contribution in [0.15, 0.2) is 53.9 Å². The summed E-state index contributed by atoms with van der Waals surface area (Å²) in [5.41, 5.74) is 1.11. The lowest BCUT2D eigenvalue weighted by molar-refractivity contribution is 0.102. The van der Waals surface area contributed by atoms with E-state index in [-0.39, 0.29) is 5.91 Å². The minimum Gasteiger partial charge on any atom is -0.321 e. The van der Waals surface area contributed by atoms with Gasteiger partial charge in [-0.15, -0.1) is 0 Å². The molecule has 3 aromatic rings. The van der Waals surface area contributed by atoms with Crippen LogP contribution in [0.25, 0.3) is 5.82 Å². The Morgan fingerprint density at radius 3 is 2.81 bits per heavy atom. The third kappa shape index (κ3) is 3.11. The summed E-state index contributed by atoms with van der Waals surface area (Å²) in [5, 5.41) is 6.74. The van der Waals surface area contributed by atoms with Gasteiger partial charge < -0.3 is 5.32 Å². The zero-order valence-electron chi connectivity index (χ0n) is 10.6. The molecule has 1 amide bonds.